The van der Waals surface area contributed by atoms with E-state index in [1.165, 1.54) is 0 Å². The van der Waals surface area contributed by atoms with Gasteiger partial charge in [0.15, 0.2) is 6.61 Å². The van der Waals surface area contributed by atoms with Gasteiger partial charge in [0.1, 0.15) is 5.75 Å². The van der Waals surface area contributed by atoms with Crippen molar-refractivity contribution in [3.05, 3.63) is 76.8 Å². The van der Waals surface area contributed by atoms with Crippen LogP contribution in [0.1, 0.15) is 5.56 Å². The maximum Gasteiger partial charge on any atom is 0.277 e. The fraction of sp³-hybridized carbons (Fsp3) is 0.0526. The standard InChI is InChI=1S/C19H15BrN2O2/c20-16-8-4-9-17(11-16)24-13-19(23)22-21-12-15-7-3-6-14-5-1-2-10-18(14)15/h1-12H,13H2,(H,22,23)/b21-12+. The van der Waals surface area contributed by atoms with Crippen LogP contribution in [-0.4, -0.2) is 18.7 Å². The number of hydrogen-bond donors (Lipinski definition) is 1. The monoisotopic (exact) mass is 382 g/mol. The Hall–Kier alpha value is -2.66. The van der Waals surface area contributed by atoms with Crippen LogP contribution in [0, 0.1) is 0 Å². The van der Waals surface area contributed by atoms with Crippen LogP contribution in [0.4, 0.5) is 0 Å². The van der Waals surface area contributed by atoms with Crippen LogP contribution in [0.3, 0.4) is 0 Å². The van der Waals surface area contributed by atoms with Crippen molar-refractivity contribution in [3.63, 3.8) is 0 Å². The maximum atomic E-state index is 11.8. The molecule has 0 spiro atoms. The first-order chi connectivity index (χ1) is 11.7. The van der Waals surface area contributed by atoms with E-state index in [9.17, 15) is 4.79 Å². The summed E-state index contributed by atoms with van der Waals surface area (Å²) in [5.41, 5.74) is 3.42. The van der Waals surface area contributed by atoms with Crippen LogP contribution in [0.25, 0.3) is 10.8 Å². The average Bonchev–Trinajstić information content (AvgIpc) is 2.60. The van der Waals surface area contributed by atoms with Crippen molar-refractivity contribution in [3.8, 4) is 5.75 Å². The van der Waals surface area contributed by atoms with Crippen molar-refractivity contribution >= 4 is 38.8 Å². The Kier molecular flexibility index (Phi) is 5.23. The zero-order chi connectivity index (χ0) is 16.8. The van der Waals surface area contributed by atoms with Crippen LogP contribution in [-0.2, 0) is 4.79 Å². The predicted octanol–water partition coefficient (Wildman–Crippen LogP) is 4.13. The third-order valence-electron chi connectivity index (χ3n) is 3.38. The van der Waals surface area contributed by atoms with Gasteiger partial charge in [-0.3, -0.25) is 4.79 Å². The van der Waals surface area contributed by atoms with E-state index in [0.29, 0.717) is 5.75 Å². The molecule has 0 radical (unpaired) electrons. The normalized spacial score (nSPS) is 10.9. The molecule has 0 fully saturated rings. The molecule has 0 saturated carbocycles. The van der Waals surface area contributed by atoms with Crippen molar-refractivity contribution in [2.24, 2.45) is 5.10 Å². The summed E-state index contributed by atoms with van der Waals surface area (Å²) in [5.74, 6) is 0.309. The summed E-state index contributed by atoms with van der Waals surface area (Å²) >= 11 is 3.35. The highest BCUT2D eigenvalue weighted by Gasteiger charge is 2.02. The lowest BCUT2D eigenvalue weighted by atomic mass is 10.1. The molecule has 120 valence electrons. The van der Waals surface area contributed by atoms with Crippen molar-refractivity contribution in [1.29, 1.82) is 0 Å². The van der Waals surface area contributed by atoms with Crippen molar-refractivity contribution < 1.29 is 9.53 Å². The number of nitrogens with one attached hydrogen (secondary N) is 1. The lowest BCUT2D eigenvalue weighted by Crippen LogP contribution is -2.24. The van der Waals surface area contributed by atoms with Gasteiger partial charge in [-0.25, -0.2) is 5.43 Å². The Morgan fingerprint density at radius 1 is 1.08 bits per heavy atom. The Labute approximate surface area is 148 Å². The SMILES string of the molecule is O=C(COc1cccc(Br)c1)N/N=C/c1cccc2ccccc12. The Bertz CT molecular complexity index is 888. The summed E-state index contributed by atoms with van der Waals surface area (Å²) in [5, 5.41) is 6.22. The smallest absolute Gasteiger partial charge is 0.277 e. The summed E-state index contributed by atoms with van der Waals surface area (Å²) in [6, 6.07) is 21.3. The van der Waals surface area contributed by atoms with Crippen LogP contribution in [0.2, 0.25) is 0 Å². The molecule has 24 heavy (non-hydrogen) atoms. The van der Waals surface area contributed by atoms with Gasteiger partial charge in [0, 0.05) is 10.0 Å². The van der Waals surface area contributed by atoms with Crippen LogP contribution < -0.4 is 10.2 Å². The molecule has 4 nitrogen and oxygen atoms in total. The number of hydrogen-bond acceptors (Lipinski definition) is 3. The summed E-state index contributed by atoms with van der Waals surface area (Å²) in [6.45, 7) is -0.0939. The average molecular weight is 383 g/mol. The summed E-state index contributed by atoms with van der Waals surface area (Å²) < 4.78 is 6.30. The minimum Gasteiger partial charge on any atom is -0.484 e. The highest BCUT2D eigenvalue weighted by Crippen LogP contribution is 2.18. The molecule has 1 N–H and O–H groups in total. The molecule has 0 saturated heterocycles. The molecule has 0 heterocycles. The number of benzene rings is 3. The predicted molar refractivity (Wildman–Crippen MR) is 99.3 cm³/mol. The summed E-state index contributed by atoms with van der Waals surface area (Å²) in [7, 11) is 0. The second-order valence-electron chi connectivity index (χ2n) is 5.11. The summed E-state index contributed by atoms with van der Waals surface area (Å²) in [6.07, 6.45) is 1.64. The minimum atomic E-state index is -0.313. The molecule has 0 bridgehead atoms. The lowest BCUT2D eigenvalue weighted by Gasteiger charge is -2.05. The number of nitrogens with zero attached hydrogens (tertiary/aromatic N) is 1. The first kappa shape index (κ1) is 16.2. The maximum absolute atomic E-state index is 11.8. The van der Waals surface area contributed by atoms with Gasteiger partial charge in [-0.2, -0.15) is 5.10 Å². The molecule has 0 aromatic heterocycles. The number of carbonyl (C=O) groups is 1. The van der Waals surface area contributed by atoms with E-state index in [-0.39, 0.29) is 12.5 Å². The summed E-state index contributed by atoms with van der Waals surface area (Å²) in [4.78, 5) is 11.8. The third-order valence-corrected chi connectivity index (χ3v) is 3.88. The van der Waals surface area contributed by atoms with Crippen LogP contribution >= 0.6 is 15.9 Å². The molecular weight excluding hydrogens is 368 g/mol. The Balaban J connectivity index is 1.58. The number of carbonyl (C=O) groups excluding carboxylic acids is 1. The molecular formula is C19H15BrN2O2. The first-order valence-electron chi connectivity index (χ1n) is 7.40. The molecule has 0 aliphatic rings. The van der Waals surface area contributed by atoms with E-state index in [1.807, 2.05) is 54.6 Å². The number of amides is 1. The van der Waals surface area contributed by atoms with E-state index >= 15 is 0 Å². The molecule has 0 aliphatic heterocycles. The largest absolute Gasteiger partial charge is 0.484 e. The Morgan fingerprint density at radius 3 is 2.75 bits per heavy atom. The second kappa shape index (κ2) is 7.75. The van der Waals surface area contributed by atoms with Gasteiger partial charge >= 0.3 is 0 Å². The molecule has 1 amide bonds. The molecule has 3 rings (SSSR count). The fourth-order valence-electron chi connectivity index (χ4n) is 2.27. The van der Waals surface area contributed by atoms with Gasteiger partial charge in [-0.05, 0) is 29.0 Å². The van der Waals surface area contributed by atoms with Gasteiger partial charge in [-0.1, -0.05) is 64.5 Å². The van der Waals surface area contributed by atoms with Crippen molar-refractivity contribution in [2.45, 2.75) is 0 Å². The van der Waals surface area contributed by atoms with Gasteiger partial charge in [-0.15, -0.1) is 0 Å². The topological polar surface area (TPSA) is 50.7 Å². The lowest BCUT2D eigenvalue weighted by molar-refractivity contribution is -0.123. The van der Waals surface area contributed by atoms with Crippen molar-refractivity contribution in [2.75, 3.05) is 6.61 Å². The third kappa shape index (κ3) is 4.20. The van der Waals surface area contributed by atoms with Crippen LogP contribution in [0.5, 0.6) is 5.75 Å². The van der Waals surface area contributed by atoms with Gasteiger partial charge < -0.3 is 4.74 Å². The van der Waals surface area contributed by atoms with Gasteiger partial charge in [0.05, 0.1) is 6.21 Å². The van der Waals surface area contributed by atoms with E-state index < -0.39 is 0 Å². The number of ether oxygens (including phenoxy) is 1. The highest BCUT2D eigenvalue weighted by molar-refractivity contribution is 9.10. The molecule has 0 atom stereocenters. The van der Waals surface area contributed by atoms with E-state index in [1.54, 1.807) is 18.3 Å². The Morgan fingerprint density at radius 2 is 1.88 bits per heavy atom. The zero-order valence-electron chi connectivity index (χ0n) is 12.8. The van der Waals surface area contributed by atoms with E-state index in [4.69, 9.17) is 4.74 Å². The zero-order valence-corrected chi connectivity index (χ0v) is 14.4. The van der Waals surface area contributed by atoms with E-state index in [0.717, 1.165) is 20.8 Å². The molecule has 3 aromatic rings. The molecule has 3 aromatic carbocycles. The number of hydrazone groups is 1. The quantitative estimate of drug-likeness (QED) is 0.532. The second-order valence-corrected chi connectivity index (χ2v) is 6.02. The highest BCUT2D eigenvalue weighted by atomic mass is 79.9. The minimum absolute atomic E-state index is 0.0939. The number of fused-ring (bicyclic) bond motifs is 1. The first-order valence-corrected chi connectivity index (χ1v) is 8.20. The van der Waals surface area contributed by atoms with Crippen molar-refractivity contribution in [1.82, 2.24) is 5.43 Å². The number of rotatable bonds is 5. The molecule has 5 heteroatoms. The number of halogens is 1. The fourth-order valence-corrected chi connectivity index (χ4v) is 2.65. The molecule has 0 aliphatic carbocycles. The van der Waals surface area contributed by atoms with Gasteiger partial charge in [0.25, 0.3) is 5.91 Å². The molecule has 0 unspecified atom stereocenters. The van der Waals surface area contributed by atoms with E-state index in [2.05, 4.69) is 26.5 Å². The van der Waals surface area contributed by atoms with Crippen LogP contribution in [0.15, 0.2) is 76.3 Å². The van der Waals surface area contributed by atoms with Gasteiger partial charge in [0.2, 0.25) is 0 Å².